The molecule has 4 heteroatoms. The van der Waals surface area contributed by atoms with Gasteiger partial charge in [0, 0.05) is 6.42 Å². The van der Waals surface area contributed by atoms with Gasteiger partial charge in [0.25, 0.3) is 0 Å². The summed E-state index contributed by atoms with van der Waals surface area (Å²) in [5.74, 6) is 0.0523. The average molecular weight is 384 g/mol. The third-order valence-electron chi connectivity index (χ3n) is 5.24. The molecule has 2 rings (SSSR count). The van der Waals surface area contributed by atoms with E-state index in [2.05, 4.69) is 29.4 Å². The van der Waals surface area contributed by atoms with E-state index < -0.39 is 0 Å². The average Bonchev–Trinajstić information content (AvgIpc) is 3.15. The largest absolute Gasteiger partial charge is 0.273 e. The number of aromatic nitrogens is 3. The smallest absolute Gasteiger partial charge is 0.248 e. The minimum atomic E-state index is 0.0523. The van der Waals surface area contributed by atoms with E-state index >= 15 is 0 Å². The Morgan fingerprint density at radius 3 is 2.18 bits per heavy atom. The summed E-state index contributed by atoms with van der Waals surface area (Å²) in [5.41, 5.74) is 1.59. The highest BCUT2D eigenvalue weighted by Gasteiger charge is 2.10. The Morgan fingerprint density at radius 1 is 0.857 bits per heavy atom. The lowest BCUT2D eigenvalue weighted by Crippen LogP contribution is -2.12. The van der Waals surface area contributed by atoms with Gasteiger partial charge in [-0.2, -0.15) is 4.68 Å². The number of benzene rings is 1. The van der Waals surface area contributed by atoms with Gasteiger partial charge in [0.1, 0.15) is 5.52 Å². The van der Waals surface area contributed by atoms with Gasteiger partial charge >= 0.3 is 0 Å². The zero-order valence-corrected chi connectivity index (χ0v) is 17.6. The van der Waals surface area contributed by atoms with E-state index in [1.807, 2.05) is 24.3 Å². The number of fused-ring (bicyclic) bond motifs is 1. The second kappa shape index (κ2) is 14.1. The second-order valence-corrected chi connectivity index (χ2v) is 7.72. The standard InChI is InChI=1S/C24H37N3O/c1-2-3-4-5-6-7-8-9-10-11-12-13-14-15-16-21-24(28)27-23-20-18-17-19-22(23)25-26-27/h6-7,17-20H,2-5,8-16,21H2,1H3/b7-6+. The van der Waals surface area contributed by atoms with Crippen LogP contribution < -0.4 is 0 Å². The van der Waals surface area contributed by atoms with Crippen LogP contribution in [0.1, 0.15) is 102 Å². The van der Waals surface area contributed by atoms with Gasteiger partial charge in [-0.1, -0.05) is 87.8 Å². The number of nitrogens with zero attached hydrogens (tertiary/aromatic N) is 3. The normalized spacial score (nSPS) is 11.6. The van der Waals surface area contributed by atoms with Crippen LogP contribution in [0.2, 0.25) is 0 Å². The molecular weight excluding hydrogens is 346 g/mol. The highest BCUT2D eigenvalue weighted by molar-refractivity contribution is 5.88. The van der Waals surface area contributed by atoms with Crippen LogP contribution in [0.15, 0.2) is 36.4 Å². The number of carbonyl (C=O) groups is 1. The highest BCUT2D eigenvalue weighted by Crippen LogP contribution is 2.14. The molecule has 1 aromatic carbocycles. The summed E-state index contributed by atoms with van der Waals surface area (Å²) in [7, 11) is 0. The van der Waals surface area contributed by atoms with E-state index in [1.165, 1.54) is 75.3 Å². The Kier molecular flexibility index (Phi) is 11.2. The number of hydrogen-bond acceptors (Lipinski definition) is 3. The predicted octanol–water partition coefficient (Wildman–Crippen LogP) is 7.11. The molecule has 0 aliphatic rings. The molecule has 0 saturated carbocycles. The van der Waals surface area contributed by atoms with Gasteiger partial charge < -0.3 is 0 Å². The molecule has 0 aliphatic heterocycles. The summed E-state index contributed by atoms with van der Waals surface area (Å²) in [6.07, 6.45) is 21.7. The Labute approximate surface area is 170 Å². The molecule has 0 saturated heterocycles. The molecule has 0 aliphatic carbocycles. The van der Waals surface area contributed by atoms with Crippen LogP contribution in [0, 0.1) is 0 Å². The topological polar surface area (TPSA) is 47.8 Å². The number of unbranched alkanes of at least 4 members (excludes halogenated alkanes) is 11. The molecule has 0 atom stereocenters. The number of rotatable bonds is 15. The predicted molar refractivity (Wildman–Crippen MR) is 118 cm³/mol. The third-order valence-corrected chi connectivity index (χ3v) is 5.24. The molecule has 0 fully saturated rings. The van der Waals surface area contributed by atoms with Crippen LogP contribution >= 0.6 is 0 Å². The molecule has 1 aromatic heterocycles. The molecule has 28 heavy (non-hydrogen) atoms. The van der Waals surface area contributed by atoms with Crippen molar-refractivity contribution in [3.63, 3.8) is 0 Å². The number of carbonyl (C=O) groups excluding carboxylic acids is 1. The molecule has 4 nitrogen and oxygen atoms in total. The van der Waals surface area contributed by atoms with Crippen molar-refractivity contribution in [1.82, 2.24) is 15.0 Å². The summed E-state index contributed by atoms with van der Waals surface area (Å²) in [6.45, 7) is 2.25. The van der Waals surface area contributed by atoms with E-state index in [4.69, 9.17) is 0 Å². The first-order chi connectivity index (χ1) is 13.8. The van der Waals surface area contributed by atoms with Crippen molar-refractivity contribution in [2.24, 2.45) is 0 Å². The monoisotopic (exact) mass is 383 g/mol. The molecular formula is C24H37N3O. The Hall–Kier alpha value is -1.97. The fourth-order valence-electron chi connectivity index (χ4n) is 3.51. The summed E-state index contributed by atoms with van der Waals surface area (Å²) in [6, 6.07) is 7.61. The molecule has 0 unspecified atom stereocenters. The number of hydrogen-bond donors (Lipinski definition) is 0. The molecule has 0 amide bonds. The van der Waals surface area contributed by atoms with Crippen LogP contribution in [-0.4, -0.2) is 20.9 Å². The molecule has 1 heterocycles. The highest BCUT2D eigenvalue weighted by atomic mass is 16.2. The Balaban J connectivity index is 1.42. The van der Waals surface area contributed by atoms with Crippen LogP contribution in [-0.2, 0) is 0 Å². The van der Waals surface area contributed by atoms with Gasteiger partial charge in [-0.3, -0.25) is 4.79 Å². The summed E-state index contributed by atoms with van der Waals surface area (Å²) >= 11 is 0. The van der Waals surface area contributed by atoms with Gasteiger partial charge in [-0.15, -0.1) is 5.10 Å². The van der Waals surface area contributed by atoms with Crippen molar-refractivity contribution >= 4 is 16.9 Å². The fourth-order valence-corrected chi connectivity index (χ4v) is 3.51. The van der Waals surface area contributed by atoms with Gasteiger partial charge in [-0.05, 0) is 44.2 Å². The van der Waals surface area contributed by atoms with E-state index in [-0.39, 0.29) is 5.91 Å². The van der Waals surface area contributed by atoms with E-state index in [1.54, 1.807) is 0 Å². The maximum atomic E-state index is 12.3. The molecule has 154 valence electrons. The molecule has 0 bridgehead atoms. The van der Waals surface area contributed by atoms with Crippen LogP contribution in [0.4, 0.5) is 0 Å². The lowest BCUT2D eigenvalue weighted by Gasteiger charge is -2.03. The van der Waals surface area contributed by atoms with Crippen molar-refractivity contribution in [3.05, 3.63) is 36.4 Å². The lowest BCUT2D eigenvalue weighted by atomic mass is 10.1. The van der Waals surface area contributed by atoms with E-state index in [9.17, 15) is 4.79 Å². The number of allylic oxidation sites excluding steroid dienone is 2. The molecule has 0 spiro atoms. The molecule has 0 radical (unpaired) electrons. The summed E-state index contributed by atoms with van der Waals surface area (Å²) < 4.78 is 1.45. The SMILES string of the molecule is CCCCC/C=C/CCCCCCCCCCC(=O)n1nnc2ccccc21. The zero-order valence-electron chi connectivity index (χ0n) is 17.6. The van der Waals surface area contributed by atoms with Gasteiger partial charge in [0.15, 0.2) is 0 Å². The van der Waals surface area contributed by atoms with Crippen LogP contribution in [0.3, 0.4) is 0 Å². The zero-order chi connectivity index (χ0) is 19.9. The summed E-state index contributed by atoms with van der Waals surface area (Å²) in [4.78, 5) is 12.3. The Bertz CT molecular complexity index is 705. The maximum Gasteiger partial charge on any atom is 0.248 e. The Morgan fingerprint density at radius 2 is 1.46 bits per heavy atom. The lowest BCUT2D eigenvalue weighted by molar-refractivity contribution is 0.0886. The second-order valence-electron chi connectivity index (χ2n) is 7.72. The van der Waals surface area contributed by atoms with Gasteiger partial charge in [0.2, 0.25) is 5.91 Å². The van der Waals surface area contributed by atoms with Crippen molar-refractivity contribution in [2.75, 3.05) is 0 Å². The fraction of sp³-hybridized carbons (Fsp3) is 0.625. The minimum Gasteiger partial charge on any atom is -0.273 e. The van der Waals surface area contributed by atoms with Crippen molar-refractivity contribution < 1.29 is 4.79 Å². The number of para-hydroxylation sites is 1. The molecule has 0 N–H and O–H groups in total. The quantitative estimate of drug-likeness (QED) is 0.243. The van der Waals surface area contributed by atoms with E-state index in [0.29, 0.717) is 6.42 Å². The van der Waals surface area contributed by atoms with Gasteiger partial charge in [0.05, 0.1) is 5.52 Å². The van der Waals surface area contributed by atoms with Crippen molar-refractivity contribution in [1.29, 1.82) is 0 Å². The first-order valence-electron chi connectivity index (χ1n) is 11.3. The molecule has 2 aromatic rings. The van der Waals surface area contributed by atoms with Crippen molar-refractivity contribution in [3.8, 4) is 0 Å². The van der Waals surface area contributed by atoms with Crippen molar-refractivity contribution in [2.45, 2.75) is 96.8 Å². The third kappa shape index (κ3) is 8.37. The maximum absolute atomic E-state index is 12.3. The minimum absolute atomic E-state index is 0.0523. The van der Waals surface area contributed by atoms with Crippen LogP contribution in [0.25, 0.3) is 11.0 Å². The van der Waals surface area contributed by atoms with E-state index in [0.717, 1.165) is 23.9 Å². The van der Waals surface area contributed by atoms with Gasteiger partial charge in [-0.25, -0.2) is 0 Å². The summed E-state index contributed by atoms with van der Waals surface area (Å²) in [5, 5.41) is 8.04. The first-order valence-corrected chi connectivity index (χ1v) is 11.3. The first kappa shape index (κ1) is 22.3. The van der Waals surface area contributed by atoms with Crippen LogP contribution in [0.5, 0.6) is 0 Å².